The molecule has 0 radical (unpaired) electrons. The Morgan fingerprint density at radius 1 is 1.09 bits per heavy atom. The number of aromatic nitrogens is 4. The highest BCUT2D eigenvalue weighted by atomic mass is 31.3. The van der Waals surface area contributed by atoms with E-state index in [9.17, 15) is 33.7 Å². The van der Waals surface area contributed by atoms with Crippen LogP contribution in [0.4, 0.5) is 5.82 Å². The molecule has 7 atom stereocenters. The van der Waals surface area contributed by atoms with Crippen LogP contribution in [0, 0.1) is 0 Å². The minimum Gasteiger partial charge on any atom is -0.387 e. The Kier molecular flexibility index (Phi) is 8.82. The van der Waals surface area contributed by atoms with E-state index in [4.69, 9.17) is 19.5 Å². The first kappa shape index (κ1) is 28.2. The van der Waals surface area contributed by atoms with Crippen molar-refractivity contribution in [2.45, 2.75) is 37.9 Å². The summed E-state index contributed by atoms with van der Waals surface area (Å²) < 4.78 is 65.6. The number of aliphatic hydroxyl groups excluding tert-OH is 2. The van der Waals surface area contributed by atoms with E-state index in [1.165, 1.54) is 10.9 Å². The average molecular weight is 563 g/mol. The number of aliphatic hydroxyl groups is 2. The van der Waals surface area contributed by atoms with Crippen molar-refractivity contribution < 1.29 is 60.6 Å². The largest absolute Gasteiger partial charge is 0.490 e. The maximum absolute atomic E-state index is 12.9. The Bertz CT molecular complexity index is 1180. The maximum atomic E-state index is 12.9. The highest BCUT2D eigenvalue weighted by Crippen LogP contribution is 2.69. The van der Waals surface area contributed by atoms with Gasteiger partial charge in [0, 0.05) is 7.11 Å². The molecule has 198 valence electrons. The van der Waals surface area contributed by atoms with E-state index in [2.05, 4.69) is 28.1 Å². The third kappa shape index (κ3) is 6.70. The van der Waals surface area contributed by atoms with Crippen LogP contribution in [-0.2, 0) is 40.6 Å². The molecule has 1 aliphatic heterocycles. The van der Waals surface area contributed by atoms with Gasteiger partial charge in [0.2, 0.25) is 0 Å². The molecule has 6 N–H and O–H groups in total. The zero-order valence-corrected chi connectivity index (χ0v) is 20.9. The minimum atomic E-state index is -5.51. The molecule has 2 aromatic heterocycles. The predicted octanol–water partition coefficient (Wildman–Crippen LogP) is 0.459. The Morgan fingerprint density at radius 2 is 1.80 bits per heavy atom. The van der Waals surface area contributed by atoms with Gasteiger partial charge in [-0.3, -0.25) is 18.1 Å². The number of rotatable bonds is 12. The van der Waals surface area contributed by atoms with Crippen molar-refractivity contribution in [2.75, 3.05) is 26.1 Å². The number of anilines is 1. The summed E-state index contributed by atoms with van der Waals surface area (Å²) in [6, 6.07) is 0. The molecule has 3 rings (SSSR count). The zero-order chi connectivity index (χ0) is 26.0. The highest BCUT2D eigenvalue weighted by molar-refractivity contribution is 7.67. The van der Waals surface area contributed by atoms with Gasteiger partial charge in [0.15, 0.2) is 17.7 Å². The molecule has 35 heavy (non-hydrogen) atoms. The molecule has 0 spiro atoms. The van der Waals surface area contributed by atoms with Gasteiger partial charge in [-0.05, 0) is 6.42 Å². The van der Waals surface area contributed by atoms with Gasteiger partial charge in [-0.2, -0.15) is 8.62 Å². The third-order valence-electron chi connectivity index (χ3n) is 4.49. The number of hydrogen-bond acceptors (Lipinski definition) is 15. The summed E-state index contributed by atoms with van der Waals surface area (Å²) in [6.07, 6.45) is -3.04. The van der Waals surface area contributed by atoms with Crippen LogP contribution in [0.25, 0.3) is 11.2 Å². The van der Waals surface area contributed by atoms with E-state index in [0.717, 1.165) is 13.4 Å². The van der Waals surface area contributed by atoms with Crippen LogP contribution in [0.15, 0.2) is 12.7 Å². The first-order valence-corrected chi connectivity index (χ1v) is 14.2. The molecule has 0 saturated carbocycles. The molecule has 3 unspecified atom stereocenters. The van der Waals surface area contributed by atoms with Gasteiger partial charge in [0.25, 0.3) is 0 Å². The molecule has 1 fully saturated rings. The lowest BCUT2D eigenvalue weighted by molar-refractivity contribution is -0.0513. The number of phosphoric acid groups is 3. The first-order valence-electron chi connectivity index (χ1n) is 9.79. The van der Waals surface area contributed by atoms with Crippen LogP contribution < -0.4 is 5.73 Å². The number of fused-ring (bicyclic) bond motifs is 1. The third-order valence-corrected chi connectivity index (χ3v) is 9.19. The van der Waals surface area contributed by atoms with Crippen molar-refractivity contribution in [2.24, 2.45) is 0 Å². The van der Waals surface area contributed by atoms with Crippen molar-refractivity contribution >= 4 is 40.4 Å². The number of nitrogens with zero attached hydrogens (tertiary/aromatic N) is 4. The quantitative estimate of drug-likeness (QED) is 0.220. The lowest BCUT2D eigenvalue weighted by atomic mass is 10.1. The summed E-state index contributed by atoms with van der Waals surface area (Å²) in [5, 5.41) is 20.9. The molecule has 1 saturated heterocycles. The van der Waals surface area contributed by atoms with Gasteiger partial charge in [0.1, 0.15) is 30.2 Å². The molecule has 0 aromatic carbocycles. The average Bonchev–Trinajstić information content (AvgIpc) is 3.32. The number of nitrogen functional groups attached to an aromatic ring is 1. The molecule has 0 bridgehead atoms. The van der Waals surface area contributed by atoms with Crippen LogP contribution in [0.3, 0.4) is 0 Å². The molecule has 3 heterocycles. The number of imidazole rings is 1. The lowest BCUT2D eigenvalue weighted by Gasteiger charge is -2.22. The Labute approximate surface area is 197 Å². The maximum Gasteiger partial charge on any atom is 0.490 e. The Morgan fingerprint density at radius 3 is 2.46 bits per heavy atom. The molecule has 18 nitrogen and oxygen atoms in total. The van der Waals surface area contributed by atoms with Crippen LogP contribution in [0.1, 0.15) is 19.6 Å². The molecule has 0 aliphatic carbocycles. The molecule has 2 aromatic rings. The van der Waals surface area contributed by atoms with Gasteiger partial charge in [0.05, 0.1) is 19.5 Å². The SMILES string of the molecule is CCCOP(=O)(OC[C@H]1O[C@@H](n2cnc3c(N)ncnc32)[C@H](O)[C@@H]1O)OP(=O)(O)OP(=O)(O)OC. The van der Waals surface area contributed by atoms with E-state index in [-0.39, 0.29) is 30.0 Å². The summed E-state index contributed by atoms with van der Waals surface area (Å²) in [7, 11) is -14.7. The van der Waals surface area contributed by atoms with Gasteiger partial charge < -0.3 is 30.5 Å². The zero-order valence-electron chi connectivity index (χ0n) is 18.3. The molecular weight excluding hydrogens is 539 g/mol. The van der Waals surface area contributed by atoms with Crippen molar-refractivity contribution in [1.82, 2.24) is 19.5 Å². The first-order chi connectivity index (χ1) is 16.3. The van der Waals surface area contributed by atoms with Crippen molar-refractivity contribution in [3.05, 3.63) is 12.7 Å². The van der Waals surface area contributed by atoms with E-state index >= 15 is 0 Å². The van der Waals surface area contributed by atoms with E-state index in [1.807, 2.05) is 0 Å². The minimum absolute atomic E-state index is 0.0735. The second-order valence-electron chi connectivity index (χ2n) is 6.99. The second kappa shape index (κ2) is 10.9. The molecule has 21 heteroatoms. The monoisotopic (exact) mass is 563 g/mol. The fourth-order valence-corrected chi connectivity index (χ4v) is 6.81. The standard InChI is InChI=1S/C14H24N5O13P3/c1-3-4-28-35(26,32-34(24,25)31-33(22,23)27-2)29-5-8-10(20)11(21)14(30-8)19-7-18-9-12(15)16-6-17-13(9)19/h6-8,10-11,14,20-21H,3-5H2,1-2H3,(H,22,23)(H,24,25)(H2,15,16,17)/t8-,10-,11-,14-,35?/m1/s1. The summed E-state index contributed by atoms with van der Waals surface area (Å²) in [5.41, 5.74) is 6.15. The van der Waals surface area contributed by atoms with E-state index < -0.39 is 54.6 Å². The summed E-state index contributed by atoms with van der Waals surface area (Å²) >= 11 is 0. The molecule has 1 aliphatic rings. The van der Waals surface area contributed by atoms with Gasteiger partial charge in [-0.25, -0.2) is 28.6 Å². The van der Waals surface area contributed by atoms with E-state index in [1.54, 1.807) is 6.92 Å². The van der Waals surface area contributed by atoms with Crippen molar-refractivity contribution in [1.29, 1.82) is 0 Å². The van der Waals surface area contributed by atoms with Crippen LogP contribution >= 0.6 is 23.5 Å². The van der Waals surface area contributed by atoms with Crippen LogP contribution in [-0.4, -0.2) is 78.2 Å². The smallest absolute Gasteiger partial charge is 0.387 e. The summed E-state index contributed by atoms with van der Waals surface area (Å²) in [4.78, 5) is 30.8. The number of ether oxygens (including phenoxy) is 1. The number of hydrogen-bond donors (Lipinski definition) is 5. The van der Waals surface area contributed by atoms with Gasteiger partial charge >= 0.3 is 23.5 Å². The fourth-order valence-electron chi connectivity index (χ4n) is 2.91. The van der Waals surface area contributed by atoms with Gasteiger partial charge in [-0.15, -0.1) is 0 Å². The van der Waals surface area contributed by atoms with E-state index in [0.29, 0.717) is 0 Å². The van der Waals surface area contributed by atoms with Crippen LogP contribution in [0.5, 0.6) is 0 Å². The fraction of sp³-hybridized carbons (Fsp3) is 0.643. The number of phosphoric ester groups is 2. The predicted molar refractivity (Wildman–Crippen MR) is 114 cm³/mol. The highest BCUT2D eigenvalue weighted by Gasteiger charge is 2.48. The normalized spacial score (nSPS) is 27.9. The summed E-state index contributed by atoms with van der Waals surface area (Å²) in [6.45, 7) is 0.559. The Hall–Kier alpha value is -1.36. The van der Waals surface area contributed by atoms with Crippen molar-refractivity contribution in [3.8, 4) is 0 Å². The van der Waals surface area contributed by atoms with Crippen LogP contribution in [0.2, 0.25) is 0 Å². The Balaban J connectivity index is 1.74. The summed E-state index contributed by atoms with van der Waals surface area (Å²) in [5.74, 6) is 0.0735. The topological polar surface area (TPSA) is 257 Å². The molecular formula is C14H24N5O13P3. The van der Waals surface area contributed by atoms with Gasteiger partial charge in [-0.1, -0.05) is 6.92 Å². The second-order valence-corrected chi connectivity index (χ2v) is 11.9. The van der Waals surface area contributed by atoms with Crippen molar-refractivity contribution in [3.63, 3.8) is 0 Å². The number of nitrogens with two attached hydrogens (primary N) is 1. The molecule has 0 amide bonds. The lowest BCUT2D eigenvalue weighted by Crippen LogP contribution is -2.33.